The highest BCUT2D eigenvalue weighted by Gasteiger charge is 2.57. The fraction of sp³-hybridized carbons (Fsp3) is 0.294. The van der Waals surface area contributed by atoms with Crippen LogP contribution >= 0.6 is 11.8 Å². The minimum atomic E-state index is -5.64. The molecule has 0 radical (unpaired) electrons. The molecule has 3 rings (SSSR count). The number of fused-ring (bicyclic) bond motifs is 1. The largest absolute Gasteiger partial charge is 0.618 e. The van der Waals surface area contributed by atoms with E-state index < -0.39 is 18.6 Å². The Hall–Kier alpha value is -2.36. The summed E-state index contributed by atoms with van der Waals surface area (Å²) >= 11 is 1.44. The molecule has 3 aromatic rings. The van der Waals surface area contributed by atoms with Crippen molar-refractivity contribution < 1.29 is 26.7 Å². The number of pyridine rings is 2. The van der Waals surface area contributed by atoms with Crippen molar-refractivity contribution in [1.29, 1.82) is 0 Å². The molecule has 3 heterocycles. The lowest BCUT2D eigenvalue weighted by Crippen LogP contribution is -2.40. The van der Waals surface area contributed by atoms with Gasteiger partial charge in [0.1, 0.15) is 5.69 Å². The molecule has 0 unspecified atom stereocenters. The second-order valence-electron chi connectivity index (χ2n) is 5.75. The molecule has 0 aliphatic heterocycles. The lowest BCUT2D eigenvalue weighted by atomic mass is 10.2. The smallest absolute Gasteiger partial charge is 0.455 e. The number of alkyl halides is 5. The van der Waals surface area contributed by atoms with Gasteiger partial charge in [-0.3, -0.25) is 0 Å². The number of halogens is 5. The van der Waals surface area contributed by atoms with E-state index in [1.165, 1.54) is 36.3 Å². The topological polar surface area (TPSA) is 44.8 Å². The third-order valence-corrected chi connectivity index (χ3v) is 4.84. The van der Waals surface area contributed by atoms with Gasteiger partial charge in [-0.2, -0.15) is 26.7 Å². The summed E-state index contributed by atoms with van der Waals surface area (Å²) in [4.78, 5) is 4.82. The normalized spacial score (nSPS) is 12.7. The van der Waals surface area contributed by atoms with Gasteiger partial charge in [0.25, 0.3) is 5.69 Å². The summed E-state index contributed by atoms with van der Waals surface area (Å²) in [6, 6.07) is 6.28. The van der Waals surface area contributed by atoms with Gasteiger partial charge in [0.15, 0.2) is 6.20 Å². The van der Waals surface area contributed by atoms with E-state index in [4.69, 9.17) is 0 Å². The summed E-state index contributed by atoms with van der Waals surface area (Å²) < 4.78 is 65.5. The Kier molecular flexibility index (Phi) is 5.02. The highest BCUT2D eigenvalue weighted by atomic mass is 32.2. The molecular formula is C17H14F5N3OS. The van der Waals surface area contributed by atoms with E-state index in [0.29, 0.717) is 26.4 Å². The van der Waals surface area contributed by atoms with Crippen molar-refractivity contribution in [2.45, 2.75) is 30.5 Å². The molecule has 10 heteroatoms. The predicted molar refractivity (Wildman–Crippen MR) is 91.5 cm³/mol. The van der Waals surface area contributed by atoms with Crippen molar-refractivity contribution >= 4 is 22.7 Å². The first-order valence-corrected chi connectivity index (χ1v) is 8.87. The summed E-state index contributed by atoms with van der Waals surface area (Å²) in [6.07, 6.45) is -1.98. The van der Waals surface area contributed by atoms with Crippen molar-refractivity contribution in [1.82, 2.24) is 9.55 Å². The van der Waals surface area contributed by atoms with Crippen molar-refractivity contribution in [3.8, 4) is 11.4 Å². The maximum atomic E-state index is 13.3. The third-order valence-electron chi connectivity index (χ3n) is 3.91. The zero-order valence-electron chi connectivity index (χ0n) is 14.0. The molecular weight excluding hydrogens is 389 g/mol. The van der Waals surface area contributed by atoms with Crippen LogP contribution in [0.15, 0.2) is 47.8 Å². The van der Waals surface area contributed by atoms with Gasteiger partial charge in [0.05, 0.1) is 23.2 Å². The van der Waals surface area contributed by atoms with E-state index in [1.807, 2.05) is 6.92 Å². The molecule has 0 aromatic carbocycles. The van der Waals surface area contributed by atoms with Crippen molar-refractivity contribution in [2.75, 3.05) is 5.75 Å². The van der Waals surface area contributed by atoms with Crippen LogP contribution in [0.2, 0.25) is 0 Å². The highest BCUT2D eigenvalue weighted by Crippen LogP contribution is 2.37. The van der Waals surface area contributed by atoms with Crippen LogP contribution in [0.5, 0.6) is 0 Å². The van der Waals surface area contributed by atoms with Gasteiger partial charge in [0.2, 0.25) is 0 Å². The van der Waals surface area contributed by atoms with Crippen LogP contribution in [0, 0.1) is 5.21 Å². The molecule has 0 fully saturated rings. The first-order chi connectivity index (χ1) is 12.6. The molecule has 0 aliphatic rings. The van der Waals surface area contributed by atoms with E-state index in [9.17, 15) is 27.2 Å². The molecule has 4 nitrogen and oxygen atoms in total. The summed E-state index contributed by atoms with van der Waals surface area (Å²) in [6.45, 7) is 0.388. The molecule has 144 valence electrons. The van der Waals surface area contributed by atoms with E-state index in [0.717, 1.165) is 16.5 Å². The Bertz CT molecular complexity index is 971. The molecule has 27 heavy (non-hydrogen) atoms. The standard InChI is InChI=1S/C17H14F5N3OS/c1-2-27-14-4-3-6-25(26)15(14)12-8-11-5-7-24(13(11)9-23-12)10-16(18,19)17(20,21)22/h3-9H,2,10H2,1H3. The summed E-state index contributed by atoms with van der Waals surface area (Å²) in [7, 11) is 0. The van der Waals surface area contributed by atoms with Crippen LogP contribution in [0.3, 0.4) is 0 Å². The Morgan fingerprint density at radius 2 is 1.96 bits per heavy atom. The van der Waals surface area contributed by atoms with Crippen LogP contribution in [-0.4, -0.2) is 27.4 Å². The maximum Gasteiger partial charge on any atom is 0.455 e. The zero-order valence-corrected chi connectivity index (χ0v) is 14.8. The minimum Gasteiger partial charge on any atom is -0.618 e. The Morgan fingerprint density at radius 1 is 1.22 bits per heavy atom. The number of aromatic nitrogens is 3. The molecule has 0 bridgehead atoms. The Balaban J connectivity index is 2.03. The highest BCUT2D eigenvalue weighted by molar-refractivity contribution is 7.99. The first kappa shape index (κ1) is 19.4. The number of nitrogens with zero attached hydrogens (tertiary/aromatic N) is 3. The van der Waals surface area contributed by atoms with Crippen LogP contribution in [0.1, 0.15) is 6.92 Å². The second kappa shape index (κ2) is 6.99. The van der Waals surface area contributed by atoms with Crippen molar-refractivity contribution in [3.63, 3.8) is 0 Å². The Labute approximate surface area is 155 Å². The van der Waals surface area contributed by atoms with Crippen LogP contribution in [0.4, 0.5) is 22.0 Å². The van der Waals surface area contributed by atoms with Gasteiger partial charge in [-0.05, 0) is 24.0 Å². The number of hydrogen-bond donors (Lipinski definition) is 0. The summed E-state index contributed by atoms with van der Waals surface area (Å²) in [5.41, 5.74) is 0.745. The Morgan fingerprint density at radius 3 is 2.63 bits per heavy atom. The lowest BCUT2D eigenvalue weighted by molar-refractivity contribution is -0.595. The molecule has 0 saturated carbocycles. The van der Waals surface area contributed by atoms with Gasteiger partial charge in [-0.15, -0.1) is 11.8 Å². The minimum absolute atomic E-state index is 0.126. The summed E-state index contributed by atoms with van der Waals surface area (Å²) in [5.74, 6) is -4.14. The SMILES string of the molecule is CCSc1ccc[n+]([O-])c1-c1cc2ccn(CC(F)(F)C(F)(F)F)c2cn1. The maximum absolute atomic E-state index is 13.3. The van der Waals surface area contributed by atoms with Crippen LogP contribution in [0.25, 0.3) is 22.3 Å². The van der Waals surface area contributed by atoms with Gasteiger partial charge in [-0.25, -0.2) is 4.98 Å². The molecule has 3 aromatic heterocycles. The van der Waals surface area contributed by atoms with Gasteiger partial charge < -0.3 is 9.77 Å². The zero-order chi connectivity index (χ0) is 19.8. The molecule has 0 spiro atoms. The molecule has 0 amide bonds. The van der Waals surface area contributed by atoms with Crippen molar-refractivity contribution in [3.05, 3.63) is 48.1 Å². The monoisotopic (exact) mass is 403 g/mol. The van der Waals surface area contributed by atoms with Gasteiger partial charge in [-0.1, -0.05) is 6.92 Å². The fourth-order valence-corrected chi connectivity index (χ4v) is 3.46. The average Bonchev–Trinajstić information content (AvgIpc) is 2.96. The average molecular weight is 403 g/mol. The van der Waals surface area contributed by atoms with E-state index in [-0.39, 0.29) is 5.52 Å². The second-order valence-corrected chi connectivity index (χ2v) is 7.06. The third kappa shape index (κ3) is 3.71. The van der Waals surface area contributed by atoms with Crippen LogP contribution in [-0.2, 0) is 6.54 Å². The van der Waals surface area contributed by atoms with E-state index in [2.05, 4.69) is 4.98 Å². The fourth-order valence-electron chi connectivity index (χ4n) is 2.64. The molecule has 0 N–H and O–H groups in total. The van der Waals surface area contributed by atoms with Crippen molar-refractivity contribution in [2.24, 2.45) is 0 Å². The van der Waals surface area contributed by atoms with Gasteiger partial charge in [0, 0.05) is 17.6 Å². The van der Waals surface area contributed by atoms with Gasteiger partial charge >= 0.3 is 12.1 Å². The number of rotatable bonds is 5. The quantitative estimate of drug-likeness (QED) is 0.270. The predicted octanol–water partition coefficient (Wildman–Crippen LogP) is 4.65. The van der Waals surface area contributed by atoms with E-state index >= 15 is 0 Å². The lowest BCUT2D eigenvalue weighted by Gasteiger charge is -2.20. The first-order valence-electron chi connectivity index (χ1n) is 7.89. The number of hydrogen-bond acceptors (Lipinski definition) is 3. The van der Waals surface area contributed by atoms with Crippen LogP contribution < -0.4 is 4.73 Å². The molecule has 0 atom stereocenters. The van der Waals surface area contributed by atoms with E-state index in [1.54, 1.807) is 12.1 Å². The molecule has 0 saturated heterocycles. The number of thioether (sulfide) groups is 1. The molecule has 0 aliphatic carbocycles. The summed E-state index contributed by atoms with van der Waals surface area (Å²) in [5, 5.41) is 12.6.